The molecule has 0 radical (unpaired) electrons. The molecule has 0 bridgehead atoms. The van der Waals surface area contributed by atoms with Crippen molar-refractivity contribution in [2.24, 2.45) is 0 Å². The van der Waals surface area contributed by atoms with Gasteiger partial charge in [0.05, 0.1) is 0 Å². The second-order valence-electron chi connectivity index (χ2n) is 4.35. The number of carbonyl (C=O) groups excluding carboxylic acids is 1. The largest absolute Gasteiger partial charge is 0.508 e. The first-order valence-electron chi connectivity index (χ1n) is 6.09. The third-order valence-electron chi connectivity index (χ3n) is 2.76. The Morgan fingerprint density at radius 3 is 2.48 bits per heavy atom. The fraction of sp³-hybridized carbons (Fsp3) is 0.308. The highest BCUT2D eigenvalue weighted by Crippen LogP contribution is 2.18. The van der Waals surface area contributed by atoms with Crippen molar-refractivity contribution in [2.45, 2.75) is 18.9 Å². The fourth-order valence-electron chi connectivity index (χ4n) is 1.59. The van der Waals surface area contributed by atoms with E-state index in [0.717, 1.165) is 4.90 Å². The SMILES string of the molecule is CN(C(=O)NC(CCC(=O)O)C(=O)O)c1cccc(O)c1. The third-order valence-corrected chi connectivity index (χ3v) is 2.76. The summed E-state index contributed by atoms with van der Waals surface area (Å²) in [6.07, 6.45) is -0.586. The predicted octanol–water partition coefficient (Wildman–Crippen LogP) is 0.856. The van der Waals surface area contributed by atoms with Crippen molar-refractivity contribution in [3.63, 3.8) is 0 Å². The number of hydrogen-bond acceptors (Lipinski definition) is 4. The summed E-state index contributed by atoms with van der Waals surface area (Å²) in [5, 5.41) is 29.1. The van der Waals surface area contributed by atoms with Gasteiger partial charge < -0.3 is 20.6 Å². The van der Waals surface area contributed by atoms with Crippen molar-refractivity contribution in [1.82, 2.24) is 5.32 Å². The van der Waals surface area contributed by atoms with E-state index in [-0.39, 0.29) is 18.6 Å². The van der Waals surface area contributed by atoms with E-state index in [2.05, 4.69) is 5.32 Å². The summed E-state index contributed by atoms with van der Waals surface area (Å²) in [7, 11) is 1.40. The average molecular weight is 296 g/mol. The molecule has 0 fully saturated rings. The zero-order chi connectivity index (χ0) is 16.0. The van der Waals surface area contributed by atoms with E-state index in [0.29, 0.717) is 5.69 Å². The number of aliphatic carboxylic acids is 2. The number of phenols is 1. The van der Waals surface area contributed by atoms with Crippen LogP contribution in [0.5, 0.6) is 5.75 Å². The quantitative estimate of drug-likeness (QED) is 0.616. The van der Waals surface area contributed by atoms with Gasteiger partial charge in [-0.2, -0.15) is 0 Å². The number of urea groups is 1. The Bertz CT molecular complexity index is 545. The summed E-state index contributed by atoms with van der Waals surface area (Å²) < 4.78 is 0. The number of carbonyl (C=O) groups is 3. The molecule has 0 spiro atoms. The van der Waals surface area contributed by atoms with E-state index in [1.807, 2.05) is 0 Å². The molecular weight excluding hydrogens is 280 g/mol. The van der Waals surface area contributed by atoms with Gasteiger partial charge in [-0.25, -0.2) is 9.59 Å². The van der Waals surface area contributed by atoms with E-state index >= 15 is 0 Å². The number of aromatic hydroxyl groups is 1. The zero-order valence-corrected chi connectivity index (χ0v) is 11.3. The van der Waals surface area contributed by atoms with Gasteiger partial charge in [-0.1, -0.05) is 6.07 Å². The topological polar surface area (TPSA) is 127 Å². The normalized spacial score (nSPS) is 11.5. The first-order chi connectivity index (χ1) is 9.81. The van der Waals surface area contributed by atoms with Crippen LogP contribution >= 0.6 is 0 Å². The zero-order valence-electron chi connectivity index (χ0n) is 11.3. The molecule has 114 valence electrons. The lowest BCUT2D eigenvalue weighted by molar-refractivity contribution is -0.140. The first-order valence-corrected chi connectivity index (χ1v) is 6.09. The smallest absolute Gasteiger partial charge is 0.326 e. The molecule has 0 saturated carbocycles. The van der Waals surface area contributed by atoms with Crippen LogP contribution in [0.25, 0.3) is 0 Å². The van der Waals surface area contributed by atoms with Crippen molar-refractivity contribution in [2.75, 3.05) is 11.9 Å². The van der Waals surface area contributed by atoms with Crippen molar-refractivity contribution >= 4 is 23.7 Å². The number of benzene rings is 1. The van der Waals surface area contributed by atoms with Crippen molar-refractivity contribution in [3.8, 4) is 5.75 Å². The second kappa shape index (κ2) is 7.13. The van der Waals surface area contributed by atoms with Crippen LogP contribution < -0.4 is 10.2 Å². The highest BCUT2D eigenvalue weighted by atomic mass is 16.4. The number of carboxylic acid groups (broad SMARTS) is 2. The summed E-state index contributed by atoms with van der Waals surface area (Å²) in [6.45, 7) is 0. The maximum absolute atomic E-state index is 11.9. The van der Waals surface area contributed by atoms with Gasteiger partial charge in [-0.05, 0) is 18.6 Å². The minimum absolute atomic E-state index is 0.0344. The second-order valence-corrected chi connectivity index (χ2v) is 4.35. The Morgan fingerprint density at radius 1 is 1.29 bits per heavy atom. The average Bonchev–Trinajstić information content (AvgIpc) is 2.41. The predicted molar refractivity (Wildman–Crippen MR) is 73.3 cm³/mol. The van der Waals surface area contributed by atoms with Gasteiger partial charge in [-0.15, -0.1) is 0 Å². The van der Waals surface area contributed by atoms with Crippen LogP contribution in [0.2, 0.25) is 0 Å². The van der Waals surface area contributed by atoms with Crippen LogP contribution in [-0.2, 0) is 9.59 Å². The molecule has 1 unspecified atom stereocenters. The van der Waals surface area contributed by atoms with Crippen molar-refractivity contribution in [1.29, 1.82) is 0 Å². The molecule has 1 atom stereocenters. The Kier molecular flexibility index (Phi) is 5.53. The molecule has 21 heavy (non-hydrogen) atoms. The minimum atomic E-state index is -1.31. The van der Waals surface area contributed by atoms with Gasteiger partial charge in [0.25, 0.3) is 0 Å². The Balaban J connectivity index is 2.72. The highest BCUT2D eigenvalue weighted by Gasteiger charge is 2.23. The van der Waals surface area contributed by atoms with E-state index < -0.39 is 24.0 Å². The molecule has 1 rings (SSSR count). The van der Waals surface area contributed by atoms with E-state index in [4.69, 9.17) is 10.2 Å². The van der Waals surface area contributed by atoms with Crippen LogP contribution in [-0.4, -0.2) is 46.4 Å². The first kappa shape index (κ1) is 16.3. The maximum atomic E-state index is 11.9. The molecule has 0 aromatic heterocycles. The number of anilines is 1. The van der Waals surface area contributed by atoms with E-state index in [9.17, 15) is 19.5 Å². The molecule has 2 amide bonds. The lowest BCUT2D eigenvalue weighted by atomic mass is 10.1. The minimum Gasteiger partial charge on any atom is -0.508 e. The number of nitrogens with zero attached hydrogens (tertiary/aromatic N) is 1. The number of nitrogens with one attached hydrogen (secondary N) is 1. The third kappa shape index (κ3) is 5.01. The van der Waals surface area contributed by atoms with Crippen LogP contribution in [0.1, 0.15) is 12.8 Å². The number of amides is 2. The van der Waals surface area contributed by atoms with E-state index in [1.54, 1.807) is 6.07 Å². The number of rotatable bonds is 6. The molecule has 0 aliphatic heterocycles. The molecule has 8 nitrogen and oxygen atoms in total. The molecule has 0 saturated heterocycles. The Morgan fingerprint density at radius 2 is 1.95 bits per heavy atom. The lowest BCUT2D eigenvalue weighted by Gasteiger charge is -2.21. The highest BCUT2D eigenvalue weighted by molar-refractivity contribution is 5.94. The molecule has 1 aromatic rings. The van der Waals surface area contributed by atoms with Gasteiger partial charge in [0.1, 0.15) is 11.8 Å². The summed E-state index contributed by atoms with van der Waals surface area (Å²) in [5.74, 6) is -2.49. The fourth-order valence-corrected chi connectivity index (χ4v) is 1.59. The molecule has 1 aromatic carbocycles. The maximum Gasteiger partial charge on any atom is 0.326 e. The lowest BCUT2D eigenvalue weighted by Crippen LogP contribution is -2.47. The van der Waals surface area contributed by atoms with Gasteiger partial charge >= 0.3 is 18.0 Å². The number of carboxylic acids is 2. The van der Waals surface area contributed by atoms with E-state index in [1.165, 1.54) is 25.2 Å². The van der Waals surface area contributed by atoms with Crippen LogP contribution in [0.4, 0.5) is 10.5 Å². The van der Waals surface area contributed by atoms with Gasteiger partial charge in [0.2, 0.25) is 0 Å². The van der Waals surface area contributed by atoms with Gasteiger partial charge in [0, 0.05) is 25.2 Å². The number of phenolic OH excluding ortho intramolecular Hbond substituents is 1. The molecule has 8 heteroatoms. The summed E-state index contributed by atoms with van der Waals surface area (Å²) in [5.41, 5.74) is 0.370. The van der Waals surface area contributed by atoms with Crippen molar-refractivity contribution < 1.29 is 29.7 Å². The standard InChI is InChI=1S/C13H16N2O6/c1-15(8-3-2-4-9(16)7-8)13(21)14-10(12(19)20)5-6-11(17)18/h2-4,7,10,16H,5-6H2,1H3,(H,14,21)(H,17,18)(H,19,20). The number of hydrogen-bond donors (Lipinski definition) is 4. The van der Waals surface area contributed by atoms with Gasteiger partial charge in [-0.3, -0.25) is 9.69 Å². The molecular formula is C13H16N2O6. The monoisotopic (exact) mass is 296 g/mol. The molecule has 4 N–H and O–H groups in total. The summed E-state index contributed by atoms with van der Waals surface area (Å²) in [4.78, 5) is 34.5. The molecule has 0 heterocycles. The van der Waals surface area contributed by atoms with Crippen molar-refractivity contribution in [3.05, 3.63) is 24.3 Å². The van der Waals surface area contributed by atoms with Gasteiger partial charge in [0.15, 0.2) is 0 Å². The van der Waals surface area contributed by atoms with Crippen LogP contribution in [0, 0.1) is 0 Å². The molecule has 0 aliphatic carbocycles. The van der Waals surface area contributed by atoms with Crippen LogP contribution in [0.15, 0.2) is 24.3 Å². The Labute approximate surface area is 120 Å². The molecule has 0 aliphatic rings. The Hall–Kier alpha value is -2.77. The summed E-state index contributed by atoms with van der Waals surface area (Å²) in [6, 6.07) is 3.86. The van der Waals surface area contributed by atoms with Crippen LogP contribution in [0.3, 0.4) is 0 Å². The summed E-state index contributed by atoms with van der Waals surface area (Å²) >= 11 is 0.